The van der Waals surface area contributed by atoms with E-state index >= 15 is 0 Å². The molecule has 1 aromatic heterocycles. The summed E-state index contributed by atoms with van der Waals surface area (Å²) in [6.07, 6.45) is 0. The molecule has 0 radical (unpaired) electrons. The molecule has 0 aliphatic carbocycles. The van der Waals surface area contributed by atoms with Crippen LogP contribution in [0.25, 0.3) is 0 Å². The van der Waals surface area contributed by atoms with Gasteiger partial charge in [0.25, 0.3) is 0 Å². The van der Waals surface area contributed by atoms with E-state index in [4.69, 9.17) is 4.74 Å². The molecule has 5 heteroatoms. The number of rotatable bonds is 5. The summed E-state index contributed by atoms with van der Waals surface area (Å²) < 4.78 is 18.7. The van der Waals surface area contributed by atoms with Gasteiger partial charge in [-0.1, -0.05) is 0 Å². The van der Waals surface area contributed by atoms with E-state index in [9.17, 15) is 4.39 Å². The molecule has 1 heterocycles. The first-order valence-electron chi connectivity index (χ1n) is 5.33. The first-order chi connectivity index (χ1) is 8.29. The van der Waals surface area contributed by atoms with Gasteiger partial charge >= 0.3 is 0 Å². The van der Waals surface area contributed by atoms with Gasteiger partial charge < -0.3 is 10.1 Å². The monoisotopic (exact) mass is 252 g/mol. The van der Waals surface area contributed by atoms with Crippen LogP contribution >= 0.6 is 11.3 Å². The van der Waals surface area contributed by atoms with E-state index in [1.54, 1.807) is 29.0 Å². The SMILES string of the molecule is CCOc1ccc(NCc2cscn2)cc1F. The van der Waals surface area contributed by atoms with E-state index in [-0.39, 0.29) is 11.6 Å². The zero-order chi connectivity index (χ0) is 12.1. The van der Waals surface area contributed by atoms with E-state index in [0.29, 0.717) is 13.2 Å². The molecule has 3 nitrogen and oxygen atoms in total. The zero-order valence-electron chi connectivity index (χ0n) is 9.44. The molecule has 2 aromatic rings. The number of benzene rings is 1. The van der Waals surface area contributed by atoms with Crippen molar-refractivity contribution in [2.45, 2.75) is 13.5 Å². The number of nitrogens with one attached hydrogen (secondary N) is 1. The smallest absolute Gasteiger partial charge is 0.167 e. The van der Waals surface area contributed by atoms with Gasteiger partial charge in [0.15, 0.2) is 11.6 Å². The summed E-state index contributed by atoms with van der Waals surface area (Å²) >= 11 is 1.54. The van der Waals surface area contributed by atoms with Gasteiger partial charge in [-0.3, -0.25) is 0 Å². The average molecular weight is 252 g/mol. The molecule has 1 N–H and O–H groups in total. The van der Waals surface area contributed by atoms with Crippen molar-refractivity contribution in [2.75, 3.05) is 11.9 Å². The molecule has 0 unspecified atom stereocenters. The molecule has 0 fully saturated rings. The molecule has 0 aliphatic heterocycles. The van der Waals surface area contributed by atoms with Gasteiger partial charge in [-0.15, -0.1) is 11.3 Å². The molecule has 0 spiro atoms. The summed E-state index contributed by atoms with van der Waals surface area (Å²) in [5, 5.41) is 5.06. The Morgan fingerprint density at radius 1 is 1.47 bits per heavy atom. The van der Waals surface area contributed by atoms with Crippen LogP contribution in [0.3, 0.4) is 0 Å². The van der Waals surface area contributed by atoms with E-state index in [2.05, 4.69) is 10.3 Å². The lowest BCUT2D eigenvalue weighted by Gasteiger charge is -2.08. The van der Waals surface area contributed by atoms with Gasteiger partial charge in [0.2, 0.25) is 0 Å². The molecular weight excluding hydrogens is 239 g/mol. The fourth-order valence-electron chi connectivity index (χ4n) is 1.40. The van der Waals surface area contributed by atoms with Crippen molar-refractivity contribution in [2.24, 2.45) is 0 Å². The molecule has 0 amide bonds. The minimum atomic E-state index is -0.352. The third-order valence-electron chi connectivity index (χ3n) is 2.19. The van der Waals surface area contributed by atoms with Crippen LogP contribution in [0.1, 0.15) is 12.6 Å². The Morgan fingerprint density at radius 2 is 2.35 bits per heavy atom. The molecule has 0 aliphatic rings. The number of halogens is 1. The predicted octanol–water partition coefficient (Wildman–Crippen LogP) is 3.29. The lowest BCUT2D eigenvalue weighted by atomic mass is 10.3. The first-order valence-corrected chi connectivity index (χ1v) is 6.27. The second kappa shape index (κ2) is 5.63. The summed E-state index contributed by atoms with van der Waals surface area (Å²) in [6.45, 7) is 2.88. The highest BCUT2D eigenvalue weighted by molar-refractivity contribution is 7.07. The van der Waals surface area contributed by atoms with Crippen LogP contribution in [0.2, 0.25) is 0 Å². The first kappa shape index (κ1) is 11.9. The third kappa shape index (κ3) is 3.17. The molecule has 2 rings (SSSR count). The lowest BCUT2D eigenvalue weighted by Crippen LogP contribution is -2.01. The number of nitrogens with zero attached hydrogens (tertiary/aromatic N) is 1. The van der Waals surface area contributed by atoms with Crippen LogP contribution in [0, 0.1) is 5.82 Å². The van der Waals surface area contributed by atoms with E-state index in [1.807, 2.05) is 12.3 Å². The fraction of sp³-hybridized carbons (Fsp3) is 0.250. The van der Waals surface area contributed by atoms with Crippen LogP contribution in [0.15, 0.2) is 29.1 Å². The minimum absolute atomic E-state index is 0.284. The van der Waals surface area contributed by atoms with Crippen molar-refractivity contribution >= 4 is 17.0 Å². The molecule has 0 saturated heterocycles. The Balaban J connectivity index is 2.00. The minimum Gasteiger partial charge on any atom is -0.491 e. The van der Waals surface area contributed by atoms with Crippen molar-refractivity contribution < 1.29 is 9.13 Å². The van der Waals surface area contributed by atoms with Gasteiger partial charge in [0.05, 0.1) is 24.4 Å². The molecule has 0 saturated carbocycles. The van der Waals surface area contributed by atoms with Crippen LogP contribution in [0.5, 0.6) is 5.75 Å². The maximum atomic E-state index is 13.5. The van der Waals surface area contributed by atoms with Crippen molar-refractivity contribution in [3.8, 4) is 5.75 Å². The molecule has 0 atom stereocenters. The summed E-state index contributed by atoms with van der Waals surface area (Å²) in [6, 6.07) is 4.85. The highest BCUT2D eigenvalue weighted by Crippen LogP contribution is 2.21. The Labute approximate surface area is 103 Å². The van der Waals surface area contributed by atoms with Crippen LogP contribution in [-0.2, 0) is 6.54 Å². The molecule has 1 aromatic carbocycles. The fourth-order valence-corrected chi connectivity index (χ4v) is 1.96. The maximum Gasteiger partial charge on any atom is 0.167 e. The zero-order valence-corrected chi connectivity index (χ0v) is 10.3. The van der Waals surface area contributed by atoms with Gasteiger partial charge in [-0.2, -0.15) is 0 Å². The number of ether oxygens (including phenoxy) is 1. The maximum absolute atomic E-state index is 13.5. The van der Waals surface area contributed by atoms with Crippen molar-refractivity contribution in [1.82, 2.24) is 4.98 Å². The average Bonchev–Trinajstić information content (AvgIpc) is 2.83. The Morgan fingerprint density at radius 3 is 3.00 bits per heavy atom. The van der Waals surface area contributed by atoms with Crippen LogP contribution < -0.4 is 10.1 Å². The van der Waals surface area contributed by atoms with E-state index < -0.39 is 0 Å². The van der Waals surface area contributed by atoms with E-state index in [0.717, 1.165) is 11.4 Å². The summed E-state index contributed by atoms with van der Waals surface area (Å²) in [5.41, 5.74) is 3.44. The Bertz CT molecular complexity index is 473. The standard InChI is InChI=1S/C12H13FN2OS/c1-2-16-12-4-3-9(5-11(12)13)14-6-10-7-17-8-15-10/h3-5,7-8,14H,2,6H2,1H3. The normalized spacial score (nSPS) is 10.2. The molecule has 0 bridgehead atoms. The molecule has 90 valence electrons. The highest BCUT2D eigenvalue weighted by atomic mass is 32.1. The lowest BCUT2D eigenvalue weighted by molar-refractivity contribution is 0.321. The van der Waals surface area contributed by atoms with Gasteiger partial charge in [-0.25, -0.2) is 9.37 Å². The second-order valence-corrected chi connectivity index (χ2v) is 4.13. The largest absolute Gasteiger partial charge is 0.491 e. The number of aromatic nitrogens is 1. The number of hydrogen-bond donors (Lipinski definition) is 1. The highest BCUT2D eigenvalue weighted by Gasteiger charge is 2.04. The van der Waals surface area contributed by atoms with Crippen LogP contribution in [0.4, 0.5) is 10.1 Å². The molecule has 17 heavy (non-hydrogen) atoms. The summed E-state index contributed by atoms with van der Waals surface area (Å²) in [4.78, 5) is 4.14. The topological polar surface area (TPSA) is 34.1 Å². The number of hydrogen-bond acceptors (Lipinski definition) is 4. The Kier molecular flexibility index (Phi) is 3.93. The summed E-state index contributed by atoms with van der Waals surface area (Å²) in [5.74, 6) is -0.0677. The van der Waals surface area contributed by atoms with Crippen molar-refractivity contribution in [3.05, 3.63) is 40.6 Å². The number of anilines is 1. The Hall–Kier alpha value is -1.62. The van der Waals surface area contributed by atoms with E-state index in [1.165, 1.54) is 6.07 Å². The van der Waals surface area contributed by atoms with Gasteiger partial charge in [0.1, 0.15) is 0 Å². The van der Waals surface area contributed by atoms with Gasteiger partial charge in [-0.05, 0) is 19.1 Å². The van der Waals surface area contributed by atoms with Crippen molar-refractivity contribution in [3.63, 3.8) is 0 Å². The van der Waals surface area contributed by atoms with Gasteiger partial charge in [0, 0.05) is 17.1 Å². The molecular formula is C12H13FN2OS. The predicted molar refractivity (Wildman–Crippen MR) is 67.0 cm³/mol. The quantitative estimate of drug-likeness (QED) is 0.886. The summed E-state index contributed by atoms with van der Waals surface area (Å²) in [7, 11) is 0. The second-order valence-electron chi connectivity index (χ2n) is 3.41. The number of thiazole rings is 1. The third-order valence-corrected chi connectivity index (χ3v) is 2.82. The van der Waals surface area contributed by atoms with Crippen molar-refractivity contribution in [1.29, 1.82) is 0 Å². The van der Waals surface area contributed by atoms with Crippen LogP contribution in [-0.4, -0.2) is 11.6 Å².